The number of guanidine groups is 1. The van der Waals surface area contributed by atoms with Crippen LogP contribution in [0.5, 0.6) is 0 Å². The highest BCUT2D eigenvalue weighted by Crippen LogP contribution is 2.17. The summed E-state index contributed by atoms with van der Waals surface area (Å²) in [6.45, 7) is 2.36. The Labute approximate surface area is 170 Å². The van der Waals surface area contributed by atoms with Crippen LogP contribution in [0.15, 0.2) is 23.2 Å². The molecule has 8 heteroatoms. The number of hydrogen-bond donors (Lipinski definition) is 2. The molecule has 1 aliphatic rings. The molecule has 28 heavy (non-hydrogen) atoms. The third kappa shape index (κ3) is 5.47. The average Bonchev–Trinajstić information content (AvgIpc) is 2.92. The van der Waals surface area contributed by atoms with Gasteiger partial charge in [0, 0.05) is 45.3 Å². The van der Waals surface area contributed by atoms with E-state index in [0.717, 1.165) is 60.4 Å². The molecule has 2 N–H and O–H groups in total. The molecule has 3 rings (SSSR count). The number of aromatic nitrogens is 3. The zero-order chi connectivity index (χ0) is 19.8. The maximum Gasteiger partial charge on any atom is 0.191 e. The fourth-order valence-corrected chi connectivity index (χ4v) is 4.06. The van der Waals surface area contributed by atoms with Gasteiger partial charge in [-0.25, -0.2) is 4.39 Å². The predicted octanol–water partition coefficient (Wildman–Crippen LogP) is 2.91. The molecular weight excluding hydrogens is 375 g/mol. The molecule has 1 aromatic carbocycles. The Balaban J connectivity index is 1.51. The standard InChI is InChI=1S/C20H29FN6S/c1-22-20(24-13-15-7-8-17(21)12-16(15)14-28-2)23-10-9-19-26-25-18-6-4-3-5-11-27(18)19/h7-8,12H,3-6,9-11,13-14H2,1-2H3,(H2,22,23,24). The van der Waals surface area contributed by atoms with E-state index in [1.807, 2.05) is 12.3 Å². The number of thioether (sulfide) groups is 1. The normalized spacial score (nSPS) is 14.5. The summed E-state index contributed by atoms with van der Waals surface area (Å²) in [6, 6.07) is 4.96. The van der Waals surface area contributed by atoms with Crippen LogP contribution in [0.25, 0.3) is 0 Å². The zero-order valence-corrected chi connectivity index (χ0v) is 17.5. The van der Waals surface area contributed by atoms with Gasteiger partial charge in [-0.3, -0.25) is 4.99 Å². The fourth-order valence-electron chi connectivity index (χ4n) is 3.48. The second kappa shape index (κ2) is 10.5. The lowest BCUT2D eigenvalue weighted by molar-refractivity contribution is 0.600. The molecule has 2 heterocycles. The van der Waals surface area contributed by atoms with Crippen molar-refractivity contribution < 1.29 is 4.39 Å². The van der Waals surface area contributed by atoms with Gasteiger partial charge < -0.3 is 15.2 Å². The first kappa shape index (κ1) is 20.6. The average molecular weight is 405 g/mol. The summed E-state index contributed by atoms with van der Waals surface area (Å²) in [6.07, 6.45) is 7.52. The van der Waals surface area contributed by atoms with E-state index < -0.39 is 0 Å². The summed E-state index contributed by atoms with van der Waals surface area (Å²) >= 11 is 1.69. The van der Waals surface area contributed by atoms with Gasteiger partial charge in [-0.15, -0.1) is 10.2 Å². The molecule has 0 saturated heterocycles. The van der Waals surface area contributed by atoms with Gasteiger partial charge in [0.15, 0.2) is 5.96 Å². The van der Waals surface area contributed by atoms with Crippen LogP contribution in [-0.4, -0.2) is 40.6 Å². The fraction of sp³-hybridized carbons (Fsp3) is 0.550. The van der Waals surface area contributed by atoms with Gasteiger partial charge in [0.05, 0.1) is 0 Å². The zero-order valence-electron chi connectivity index (χ0n) is 16.7. The second-order valence-corrected chi connectivity index (χ2v) is 7.81. The Morgan fingerprint density at radius 3 is 2.93 bits per heavy atom. The summed E-state index contributed by atoms with van der Waals surface area (Å²) in [7, 11) is 1.76. The number of benzene rings is 1. The second-order valence-electron chi connectivity index (χ2n) is 6.94. The highest BCUT2D eigenvalue weighted by molar-refractivity contribution is 7.97. The number of nitrogens with one attached hydrogen (secondary N) is 2. The van der Waals surface area contributed by atoms with E-state index in [0.29, 0.717) is 6.54 Å². The summed E-state index contributed by atoms with van der Waals surface area (Å²) in [5.41, 5.74) is 2.10. The first-order chi connectivity index (χ1) is 13.7. The van der Waals surface area contributed by atoms with Crippen molar-refractivity contribution in [2.45, 2.75) is 50.9 Å². The maximum atomic E-state index is 13.5. The minimum absolute atomic E-state index is 0.192. The van der Waals surface area contributed by atoms with Crippen molar-refractivity contribution in [2.75, 3.05) is 19.8 Å². The predicted molar refractivity (Wildman–Crippen MR) is 113 cm³/mol. The van der Waals surface area contributed by atoms with Gasteiger partial charge in [0.1, 0.15) is 17.5 Å². The van der Waals surface area contributed by atoms with Crippen molar-refractivity contribution in [3.05, 3.63) is 46.8 Å². The van der Waals surface area contributed by atoms with Crippen LogP contribution in [0.4, 0.5) is 4.39 Å². The molecule has 0 saturated carbocycles. The van der Waals surface area contributed by atoms with Crippen molar-refractivity contribution in [1.29, 1.82) is 0 Å². The van der Waals surface area contributed by atoms with E-state index in [9.17, 15) is 4.39 Å². The molecule has 0 atom stereocenters. The number of nitrogens with zero attached hydrogens (tertiary/aromatic N) is 4. The van der Waals surface area contributed by atoms with Crippen LogP contribution in [0.3, 0.4) is 0 Å². The van der Waals surface area contributed by atoms with Gasteiger partial charge >= 0.3 is 0 Å². The van der Waals surface area contributed by atoms with Gasteiger partial charge in [-0.2, -0.15) is 11.8 Å². The smallest absolute Gasteiger partial charge is 0.191 e. The monoisotopic (exact) mass is 404 g/mol. The molecule has 1 aliphatic heterocycles. The molecule has 1 aromatic heterocycles. The SMILES string of the molecule is CN=C(NCCc1nnc2n1CCCCC2)NCc1ccc(F)cc1CSC. The Morgan fingerprint density at radius 2 is 2.11 bits per heavy atom. The first-order valence-electron chi connectivity index (χ1n) is 9.83. The largest absolute Gasteiger partial charge is 0.356 e. The summed E-state index contributed by atoms with van der Waals surface area (Å²) in [5, 5.41) is 15.4. The molecule has 2 aromatic rings. The minimum Gasteiger partial charge on any atom is -0.356 e. The highest BCUT2D eigenvalue weighted by atomic mass is 32.2. The molecule has 0 fully saturated rings. The summed E-state index contributed by atoms with van der Waals surface area (Å²) < 4.78 is 15.8. The molecule has 6 nitrogen and oxygen atoms in total. The number of halogens is 1. The number of fused-ring (bicyclic) bond motifs is 1. The molecule has 0 aliphatic carbocycles. The molecule has 0 radical (unpaired) electrons. The molecule has 152 valence electrons. The molecule has 0 unspecified atom stereocenters. The summed E-state index contributed by atoms with van der Waals surface area (Å²) in [4.78, 5) is 4.29. The Hall–Kier alpha value is -2.09. The van der Waals surface area contributed by atoms with E-state index in [2.05, 4.69) is 30.4 Å². The van der Waals surface area contributed by atoms with E-state index in [1.54, 1.807) is 24.9 Å². The van der Waals surface area contributed by atoms with E-state index in [-0.39, 0.29) is 5.82 Å². The minimum atomic E-state index is -0.192. The maximum absolute atomic E-state index is 13.5. The van der Waals surface area contributed by atoms with Crippen molar-refractivity contribution in [2.24, 2.45) is 4.99 Å². The van der Waals surface area contributed by atoms with Gasteiger partial charge in [0.2, 0.25) is 0 Å². The number of hydrogen-bond acceptors (Lipinski definition) is 4. The van der Waals surface area contributed by atoms with Gasteiger partial charge in [-0.1, -0.05) is 12.5 Å². The third-order valence-corrected chi connectivity index (χ3v) is 5.56. The first-order valence-corrected chi connectivity index (χ1v) is 11.2. The van der Waals surface area contributed by atoms with Crippen molar-refractivity contribution in [3.63, 3.8) is 0 Å². The van der Waals surface area contributed by atoms with Crippen LogP contribution in [0.1, 0.15) is 42.0 Å². The quantitative estimate of drug-likeness (QED) is 0.549. The Kier molecular flexibility index (Phi) is 7.71. The van der Waals surface area contributed by atoms with Crippen molar-refractivity contribution in [3.8, 4) is 0 Å². The van der Waals surface area contributed by atoms with E-state index in [4.69, 9.17) is 0 Å². The molecule has 0 bridgehead atoms. The molecule has 0 spiro atoms. The Bertz CT molecular complexity index is 804. The number of aliphatic imine (C=N–C) groups is 1. The van der Waals surface area contributed by atoms with Crippen LogP contribution < -0.4 is 10.6 Å². The van der Waals surface area contributed by atoms with Gasteiger partial charge in [0.25, 0.3) is 0 Å². The number of rotatable bonds is 7. The lowest BCUT2D eigenvalue weighted by atomic mass is 10.1. The number of aryl methyl sites for hydroxylation is 1. The lowest BCUT2D eigenvalue weighted by Crippen LogP contribution is -2.38. The van der Waals surface area contributed by atoms with Crippen molar-refractivity contribution in [1.82, 2.24) is 25.4 Å². The van der Waals surface area contributed by atoms with Crippen LogP contribution in [-0.2, 0) is 31.7 Å². The lowest BCUT2D eigenvalue weighted by Gasteiger charge is -2.14. The van der Waals surface area contributed by atoms with Gasteiger partial charge in [-0.05, 0) is 42.4 Å². The Morgan fingerprint density at radius 1 is 1.21 bits per heavy atom. The third-order valence-electron chi connectivity index (χ3n) is 4.97. The topological polar surface area (TPSA) is 67.1 Å². The van der Waals surface area contributed by atoms with Crippen molar-refractivity contribution >= 4 is 17.7 Å². The van der Waals surface area contributed by atoms with Crippen LogP contribution >= 0.6 is 11.8 Å². The highest BCUT2D eigenvalue weighted by Gasteiger charge is 2.14. The van der Waals surface area contributed by atoms with E-state index in [1.165, 1.54) is 25.3 Å². The van der Waals surface area contributed by atoms with E-state index >= 15 is 0 Å². The van der Waals surface area contributed by atoms with Crippen LogP contribution in [0.2, 0.25) is 0 Å². The molecule has 0 amide bonds. The summed E-state index contributed by atoms with van der Waals surface area (Å²) in [5.74, 6) is 3.49. The molecular formula is C20H29FN6S. The van der Waals surface area contributed by atoms with Crippen LogP contribution in [0, 0.1) is 5.82 Å².